The fourth-order valence-corrected chi connectivity index (χ4v) is 1.87. The van der Waals surface area contributed by atoms with Crippen molar-refractivity contribution in [2.75, 3.05) is 19.6 Å². The third kappa shape index (κ3) is 0.700. The van der Waals surface area contributed by atoms with E-state index in [2.05, 4.69) is 11.8 Å². The lowest BCUT2D eigenvalue weighted by atomic mass is 10.3. The molecule has 0 aromatic rings. The van der Waals surface area contributed by atoms with E-state index in [0.717, 1.165) is 12.5 Å². The number of piperidine rings is 1. The molecule has 1 heterocycles. The fraction of sp³-hybridized carbons (Fsp3) is 1.00. The summed E-state index contributed by atoms with van der Waals surface area (Å²) in [4.78, 5) is 2.44. The van der Waals surface area contributed by atoms with Crippen LogP contribution < -0.4 is 5.73 Å². The van der Waals surface area contributed by atoms with Gasteiger partial charge in [-0.1, -0.05) is 6.92 Å². The van der Waals surface area contributed by atoms with Crippen molar-refractivity contribution in [2.24, 2.45) is 11.7 Å². The van der Waals surface area contributed by atoms with E-state index < -0.39 is 0 Å². The summed E-state index contributed by atoms with van der Waals surface area (Å²) in [5.41, 5.74) is 6.24. The van der Waals surface area contributed by atoms with Gasteiger partial charge in [0.05, 0.1) is 0 Å². The average Bonchev–Trinajstić information content (AvgIpc) is 2.33. The number of fused-ring (bicyclic) bond motifs is 1. The lowest BCUT2D eigenvalue weighted by Gasteiger charge is -2.15. The minimum atomic E-state index is 0.260. The molecule has 2 rings (SSSR count). The Kier molecular flexibility index (Phi) is 0.945. The molecule has 1 aliphatic carbocycles. The van der Waals surface area contributed by atoms with Gasteiger partial charge in [-0.25, -0.2) is 0 Å². The van der Waals surface area contributed by atoms with E-state index in [4.69, 9.17) is 5.73 Å². The first-order valence-corrected chi connectivity index (χ1v) is 3.76. The standard InChI is InChI=1S/C7H14N2/c1-2-9-4-6-3-7(6,8)5-9/h6H,2-5,8H2,1H3. The zero-order valence-corrected chi connectivity index (χ0v) is 5.93. The van der Waals surface area contributed by atoms with Crippen molar-refractivity contribution in [3.63, 3.8) is 0 Å². The number of hydrogen-bond acceptors (Lipinski definition) is 2. The molecule has 0 aromatic heterocycles. The topological polar surface area (TPSA) is 29.3 Å². The van der Waals surface area contributed by atoms with Crippen LogP contribution in [0.2, 0.25) is 0 Å². The van der Waals surface area contributed by atoms with E-state index in [1.54, 1.807) is 0 Å². The van der Waals surface area contributed by atoms with Gasteiger partial charge in [-0.15, -0.1) is 0 Å². The van der Waals surface area contributed by atoms with E-state index in [1.807, 2.05) is 0 Å². The zero-order valence-electron chi connectivity index (χ0n) is 5.93. The summed E-state index contributed by atoms with van der Waals surface area (Å²) >= 11 is 0. The van der Waals surface area contributed by atoms with Crippen LogP contribution in [-0.2, 0) is 0 Å². The normalized spacial score (nSPS) is 49.3. The van der Waals surface area contributed by atoms with Gasteiger partial charge < -0.3 is 10.6 Å². The molecule has 9 heavy (non-hydrogen) atoms. The molecule has 2 atom stereocenters. The van der Waals surface area contributed by atoms with Crippen molar-refractivity contribution in [3.05, 3.63) is 0 Å². The molecule has 1 saturated carbocycles. The van der Waals surface area contributed by atoms with E-state index in [9.17, 15) is 0 Å². The molecule has 0 aromatic carbocycles. The van der Waals surface area contributed by atoms with E-state index in [-0.39, 0.29) is 5.54 Å². The lowest BCUT2D eigenvalue weighted by Crippen LogP contribution is -2.32. The maximum absolute atomic E-state index is 5.98. The van der Waals surface area contributed by atoms with Crippen LogP contribution in [0.1, 0.15) is 13.3 Å². The second-order valence-corrected chi connectivity index (χ2v) is 3.46. The molecule has 0 radical (unpaired) electrons. The summed E-state index contributed by atoms with van der Waals surface area (Å²) in [7, 11) is 0. The van der Waals surface area contributed by atoms with Crippen molar-refractivity contribution in [1.82, 2.24) is 4.90 Å². The second-order valence-electron chi connectivity index (χ2n) is 3.46. The Hall–Kier alpha value is -0.0800. The predicted molar refractivity (Wildman–Crippen MR) is 37.1 cm³/mol. The third-order valence-electron chi connectivity index (χ3n) is 2.72. The van der Waals surface area contributed by atoms with Gasteiger partial charge in [-0.3, -0.25) is 0 Å². The van der Waals surface area contributed by atoms with Crippen molar-refractivity contribution in [1.29, 1.82) is 0 Å². The lowest BCUT2D eigenvalue weighted by molar-refractivity contribution is 0.314. The number of nitrogens with zero attached hydrogens (tertiary/aromatic N) is 1. The van der Waals surface area contributed by atoms with E-state index in [0.29, 0.717) is 0 Å². The van der Waals surface area contributed by atoms with E-state index >= 15 is 0 Å². The van der Waals surface area contributed by atoms with Crippen LogP contribution in [0.5, 0.6) is 0 Å². The van der Waals surface area contributed by atoms with Gasteiger partial charge in [-0.2, -0.15) is 0 Å². The third-order valence-corrected chi connectivity index (χ3v) is 2.72. The molecule has 2 N–H and O–H groups in total. The Bertz CT molecular complexity index is 135. The smallest absolute Gasteiger partial charge is 0.0328 e. The van der Waals surface area contributed by atoms with Crippen LogP contribution in [-0.4, -0.2) is 30.1 Å². The van der Waals surface area contributed by atoms with Gasteiger partial charge in [0.2, 0.25) is 0 Å². The minimum Gasteiger partial charge on any atom is -0.324 e. The summed E-state index contributed by atoms with van der Waals surface area (Å²) in [6.07, 6.45) is 1.28. The van der Waals surface area contributed by atoms with Gasteiger partial charge in [0.1, 0.15) is 0 Å². The highest BCUT2D eigenvalue weighted by Crippen LogP contribution is 2.46. The summed E-state index contributed by atoms with van der Waals surface area (Å²) in [5, 5.41) is 0. The summed E-state index contributed by atoms with van der Waals surface area (Å²) < 4.78 is 0. The summed E-state index contributed by atoms with van der Waals surface area (Å²) in [6.45, 7) is 5.78. The second kappa shape index (κ2) is 1.50. The molecule has 2 fully saturated rings. The first-order chi connectivity index (χ1) is 4.24. The van der Waals surface area contributed by atoms with Gasteiger partial charge in [0, 0.05) is 18.6 Å². The Labute approximate surface area is 56.0 Å². The van der Waals surface area contributed by atoms with Crippen molar-refractivity contribution >= 4 is 0 Å². The first-order valence-electron chi connectivity index (χ1n) is 3.76. The van der Waals surface area contributed by atoms with Crippen LogP contribution in [0.25, 0.3) is 0 Å². The molecule has 1 saturated heterocycles. The summed E-state index contributed by atoms with van der Waals surface area (Å²) in [6, 6.07) is 0. The van der Waals surface area contributed by atoms with Crippen LogP contribution in [0.15, 0.2) is 0 Å². The molecule has 2 heteroatoms. The van der Waals surface area contributed by atoms with Gasteiger partial charge >= 0.3 is 0 Å². The van der Waals surface area contributed by atoms with Crippen molar-refractivity contribution < 1.29 is 0 Å². The van der Waals surface area contributed by atoms with Crippen molar-refractivity contribution in [2.45, 2.75) is 18.9 Å². The molecular weight excluding hydrogens is 112 g/mol. The number of likely N-dealkylation sites (N-methyl/N-ethyl adjacent to an activating group) is 1. The van der Waals surface area contributed by atoms with Crippen LogP contribution in [0.4, 0.5) is 0 Å². The minimum absolute atomic E-state index is 0.260. The average molecular weight is 126 g/mol. The molecule has 2 nitrogen and oxygen atoms in total. The maximum atomic E-state index is 5.98. The zero-order chi connectivity index (χ0) is 6.48. The predicted octanol–water partition coefficient (Wildman–Crippen LogP) is 0.0393. The van der Waals surface area contributed by atoms with Crippen LogP contribution in [0.3, 0.4) is 0 Å². The quantitative estimate of drug-likeness (QED) is 0.537. The fourth-order valence-electron chi connectivity index (χ4n) is 1.87. The molecule has 0 spiro atoms. The molecular formula is C7H14N2. The SMILES string of the molecule is CCN1CC2CC2(N)C1. The highest BCUT2D eigenvalue weighted by atomic mass is 15.2. The van der Waals surface area contributed by atoms with Crippen molar-refractivity contribution in [3.8, 4) is 0 Å². The number of nitrogens with two attached hydrogens (primary N) is 1. The van der Waals surface area contributed by atoms with Gasteiger partial charge in [0.15, 0.2) is 0 Å². The molecule has 0 bridgehead atoms. The molecule has 2 aliphatic rings. The van der Waals surface area contributed by atoms with Crippen LogP contribution in [0, 0.1) is 5.92 Å². The van der Waals surface area contributed by atoms with E-state index in [1.165, 1.54) is 19.5 Å². The Balaban J connectivity index is 1.98. The van der Waals surface area contributed by atoms with Gasteiger partial charge in [0.25, 0.3) is 0 Å². The van der Waals surface area contributed by atoms with Crippen LogP contribution >= 0.6 is 0 Å². The highest BCUT2D eigenvalue weighted by molar-refractivity contribution is 5.15. The monoisotopic (exact) mass is 126 g/mol. The summed E-state index contributed by atoms with van der Waals surface area (Å²) in [5.74, 6) is 0.845. The Morgan fingerprint density at radius 3 is 2.89 bits per heavy atom. The maximum Gasteiger partial charge on any atom is 0.0328 e. The molecule has 52 valence electrons. The molecule has 0 amide bonds. The molecule has 2 unspecified atom stereocenters. The number of hydrogen-bond donors (Lipinski definition) is 1. The first kappa shape index (κ1) is 5.69. The highest BCUT2D eigenvalue weighted by Gasteiger charge is 2.56. The molecule has 1 aliphatic heterocycles. The Morgan fingerprint density at radius 2 is 2.56 bits per heavy atom. The largest absolute Gasteiger partial charge is 0.324 e. The number of rotatable bonds is 1. The van der Waals surface area contributed by atoms with Gasteiger partial charge in [-0.05, 0) is 18.9 Å². The Morgan fingerprint density at radius 1 is 1.78 bits per heavy atom. The number of likely N-dealkylation sites (tertiary alicyclic amines) is 1.